The molecule has 0 fully saturated rings. The molecule has 64 valence electrons. The predicted octanol–water partition coefficient (Wildman–Crippen LogP) is 2.23. The molecule has 0 aliphatic carbocycles. The second-order valence-corrected chi connectivity index (χ2v) is 2.90. The number of hydrogen-bond acceptors (Lipinski definition) is 3. The SMILES string of the molecule is C1=Cc2ccc3ncoc3c2OC1. The van der Waals surface area contributed by atoms with Crippen molar-refractivity contribution in [3.05, 3.63) is 30.2 Å². The van der Waals surface area contributed by atoms with Crippen LogP contribution in [-0.4, -0.2) is 11.6 Å². The summed E-state index contributed by atoms with van der Waals surface area (Å²) in [4.78, 5) is 4.06. The molecule has 3 nitrogen and oxygen atoms in total. The van der Waals surface area contributed by atoms with Crippen LogP contribution in [0.4, 0.5) is 0 Å². The zero-order valence-electron chi connectivity index (χ0n) is 6.86. The van der Waals surface area contributed by atoms with Gasteiger partial charge in [-0.3, -0.25) is 0 Å². The van der Waals surface area contributed by atoms with Gasteiger partial charge in [-0.1, -0.05) is 6.08 Å². The Morgan fingerprint density at radius 2 is 2.31 bits per heavy atom. The van der Waals surface area contributed by atoms with Crippen molar-refractivity contribution < 1.29 is 9.15 Å². The van der Waals surface area contributed by atoms with Gasteiger partial charge in [0.1, 0.15) is 12.1 Å². The highest BCUT2D eigenvalue weighted by Gasteiger charge is 2.12. The number of fused-ring (bicyclic) bond motifs is 3. The van der Waals surface area contributed by atoms with Crippen LogP contribution in [0.15, 0.2) is 29.0 Å². The van der Waals surface area contributed by atoms with E-state index in [1.165, 1.54) is 6.39 Å². The number of aromatic nitrogens is 1. The summed E-state index contributed by atoms with van der Waals surface area (Å²) >= 11 is 0. The second kappa shape index (κ2) is 2.36. The summed E-state index contributed by atoms with van der Waals surface area (Å²) in [6.45, 7) is 0.604. The lowest BCUT2D eigenvalue weighted by Crippen LogP contribution is -1.99. The molecule has 2 heterocycles. The molecule has 0 radical (unpaired) electrons. The van der Waals surface area contributed by atoms with E-state index < -0.39 is 0 Å². The summed E-state index contributed by atoms with van der Waals surface area (Å²) in [6.07, 6.45) is 5.44. The molecule has 0 amide bonds. The smallest absolute Gasteiger partial charge is 0.196 e. The van der Waals surface area contributed by atoms with Crippen LogP contribution in [0, 0.1) is 0 Å². The van der Waals surface area contributed by atoms with Crippen LogP contribution in [0.25, 0.3) is 17.2 Å². The third-order valence-corrected chi connectivity index (χ3v) is 2.11. The van der Waals surface area contributed by atoms with Gasteiger partial charge < -0.3 is 9.15 Å². The van der Waals surface area contributed by atoms with Crippen LogP contribution >= 0.6 is 0 Å². The Balaban J connectivity index is 2.42. The quantitative estimate of drug-likeness (QED) is 0.612. The predicted molar refractivity (Wildman–Crippen MR) is 48.5 cm³/mol. The number of hydrogen-bond donors (Lipinski definition) is 0. The molecule has 1 aliphatic rings. The van der Waals surface area contributed by atoms with E-state index in [1.54, 1.807) is 0 Å². The molecular weight excluding hydrogens is 166 g/mol. The number of nitrogens with zero attached hydrogens (tertiary/aromatic N) is 1. The first-order valence-corrected chi connectivity index (χ1v) is 4.11. The maximum absolute atomic E-state index is 5.47. The van der Waals surface area contributed by atoms with Gasteiger partial charge in [0.05, 0.1) is 0 Å². The molecule has 0 spiro atoms. The highest BCUT2D eigenvalue weighted by Crippen LogP contribution is 2.31. The average Bonchev–Trinajstić information content (AvgIpc) is 2.65. The van der Waals surface area contributed by atoms with Crippen LogP contribution in [0.5, 0.6) is 5.75 Å². The van der Waals surface area contributed by atoms with Crippen molar-refractivity contribution >= 4 is 17.2 Å². The lowest BCUT2D eigenvalue weighted by Gasteiger charge is -2.11. The van der Waals surface area contributed by atoms with E-state index in [9.17, 15) is 0 Å². The summed E-state index contributed by atoms with van der Waals surface area (Å²) in [5, 5.41) is 0. The first-order chi connectivity index (χ1) is 6.45. The van der Waals surface area contributed by atoms with Crippen molar-refractivity contribution in [2.24, 2.45) is 0 Å². The molecule has 1 aromatic heterocycles. The van der Waals surface area contributed by atoms with Crippen molar-refractivity contribution in [3.63, 3.8) is 0 Å². The fourth-order valence-corrected chi connectivity index (χ4v) is 1.51. The highest BCUT2D eigenvalue weighted by atomic mass is 16.5. The lowest BCUT2D eigenvalue weighted by molar-refractivity contribution is 0.356. The maximum atomic E-state index is 5.47. The first-order valence-electron chi connectivity index (χ1n) is 4.11. The number of oxazole rings is 1. The van der Waals surface area contributed by atoms with Gasteiger partial charge in [0.25, 0.3) is 0 Å². The fraction of sp³-hybridized carbons (Fsp3) is 0.100. The van der Waals surface area contributed by atoms with Gasteiger partial charge in [-0.15, -0.1) is 0 Å². The molecule has 1 aromatic carbocycles. The van der Waals surface area contributed by atoms with E-state index in [0.29, 0.717) is 6.61 Å². The van der Waals surface area contributed by atoms with Gasteiger partial charge in [0.2, 0.25) is 0 Å². The van der Waals surface area contributed by atoms with Gasteiger partial charge in [0.15, 0.2) is 17.7 Å². The third-order valence-electron chi connectivity index (χ3n) is 2.11. The van der Waals surface area contributed by atoms with E-state index in [-0.39, 0.29) is 0 Å². The minimum absolute atomic E-state index is 0.604. The molecule has 0 unspecified atom stereocenters. The molecule has 13 heavy (non-hydrogen) atoms. The van der Waals surface area contributed by atoms with Crippen molar-refractivity contribution in [1.29, 1.82) is 0 Å². The molecule has 0 saturated carbocycles. The second-order valence-electron chi connectivity index (χ2n) is 2.90. The topological polar surface area (TPSA) is 35.3 Å². The molecule has 3 heteroatoms. The summed E-state index contributed by atoms with van der Waals surface area (Å²) in [6, 6.07) is 3.91. The van der Waals surface area contributed by atoms with Crippen molar-refractivity contribution in [1.82, 2.24) is 4.98 Å². The molecule has 0 N–H and O–H groups in total. The average molecular weight is 173 g/mol. The van der Waals surface area contributed by atoms with Crippen molar-refractivity contribution in [2.45, 2.75) is 0 Å². The number of ether oxygens (including phenoxy) is 1. The largest absolute Gasteiger partial charge is 0.485 e. The zero-order chi connectivity index (χ0) is 8.67. The summed E-state index contributed by atoms with van der Waals surface area (Å²) in [5.41, 5.74) is 2.63. The normalized spacial score (nSPS) is 14.2. The Bertz CT molecular complexity index is 485. The number of rotatable bonds is 0. The zero-order valence-corrected chi connectivity index (χ0v) is 6.86. The Morgan fingerprint density at radius 3 is 3.31 bits per heavy atom. The maximum Gasteiger partial charge on any atom is 0.196 e. The third kappa shape index (κ3) is 0.869. The molecule has 0 bridgehead atoms. The van der Waals surface area contributed by atoms with E-state index in [2.05, 4.69) is 4.98 Å². The minimum Gasteiger partial charge on any atom is -0.485 e. The summed E-state index contributed by atoms with van der Waals surface area (Å²) in [7, 11) is 0. The van der Waals surface area contributed by atoms with E-state index in [0.717, 1.165) is 22.4 Å². The summed E-state index contributed by atoms with van der Waals surface area (Å²) < 4.78 is 10.7. The molecular formula is C10H7NO2. The van der Waals surface area contributed by atoms with Crippen molar-refractivity contribution in [2.75, 3.05) is 6.61 Å². The minimum atomic E-state index is 0.604. The van der Waals surface area contributed by atoms with Crippen LogP contribution in [0.1, 0.15) is 5.56 Å². The Hall–Kier alpha value is -1.77. The summed E-state index contributed by atoms with van der Waals surface area (Å²) in [5.74, 6) is 0.803. The molecule has 0 atom stereocenters. The van der Waals surface area contributed by atoms with Gasteiger partial charge in [0, 0.05) is 5.56 Å². The van der Waals surface area contributed by atoms with Crippen LogP contribution in [0.2, 0.25) is 0 Å². The van der Waals surface area contributed by atoms with Crippen LogP contribution in [0.3, 0.4) is 0 Å². The molecule has 3 rings (SSSR count). The molecule has 1 aliphatic heterocycles. The standard InChI is InChI=1S/C10H7NO2/c1-2-7-3-4-8-10(13-6-11-8)9(7)12-5-1/h1-4,6H,5H2. The van der Waals surface area contributed by atoms with Crippen molar-refractivity contribution in [3.8, 4) is 5.75 Å². The van der Waals surface area contributed by atoms with E-state index in [4.69, 9.17) is 9.15 Å². The Morgan fingerprint density at radius 1 is 1.31 bits per heavy atom. The Labute approximate surface area is 74.6 Å². The van der Waals surface area contributed by atoms with Gasteiger partial charge in [-0.2, -0.15) is 0 Å². The van der Waals surface area contributed by atoms with Gasteiger partial charge in [-0.05, 0) is 18.2 Å². The van der Waals surface area contributed by atoms with E-state index >= 15 is 0 Å². The first kappa shape index (κ1) is 6.71. The van der Waals surface area contributed by atoms with Crippen LogP contribution in [-0.2, 0) is 0 Å². The Kier molecular flexibility index (Phi) is 1.22. The lowest BCUT2D eigenvalue weighted by atomic mass is 10.1. The van der Waals surface area contributed by atoms with Gasteiger partial charge in [-0.25, -0.2) is 4.98 Å². The monoisotopic (exact) mass is 173 g/mol. The number of benzene rings is 1. The van der Waals surface area contributed by atoms with E-state index in [1.807, 2.05) is 24.3 Å². The fourth-order valence-electron chi connectivity index (χ4n) is 1.51. The molecule has 2 aromatic rings. The van der Waals surface area contributed by atoms with Gasteiger partial charge >= 0.3 is 0 Å². The highest BCUT2D eigenvalue weighted by molar-refractivity contribution is 5.84. The molecule has 0 saturated heterocycles. The van der Waals surface area contributed by atoms with Crippen LogP contribution < -0.4 is 4.74 Å².